The molecule has 1 aliphatic rings. The lowest BCUT2D eigenvalue weighted by Gasteiger charge is -2.39. The minimum atomic E-state index is -0.648. The largest absolute Gasteiger partial charge is 0.368 e. The molecule has 0 bridgehead atoms. The summed E-state index contributed by atoms with van der Waals surface area (Å²) in [4.78, 5) is 4.00. The quantitative estimate of drug-likeness (QED) is 0.845. The van der Waals surface area contributed by atoms with E-state index in [1.165, 1.54) is 0 Å². The minimum Gasteiger partial charge on any atom is -0.368 e. The second kappa shape index (κ2) is 5.08. The van der Waals surface area contributed by atoms with Gasteiger partial charge in [0.2, 0.25) is 0 Å². The third-order valence-electron chi connectivity index (χ3n) is 3.35. The fraction of sp³-hybridized carbons (Fsp3) is 0.615. The molecule has 1 aromatic rings. The fourth-order valence-electron chi connectivity index (χ4n) is 2.04. The van der Waals surface area contributed by atoms with Gasteiger partial charge in [0.25, 0.3) is 0 Å². The molecule has 1 aliphatic carbocycles. The number of anilines is 2. The van der Waals surface area contributed by atoms with E-state index in [2.05, 4.69) is 15.6 Å². The van der Waals surface area contributed by atoms with E-state index >= 15 is 0 Å². The predicted molar refractivity (Wildman–Crippen MR) is 68.8 cm³/mol. The Hall–Kier alpha value is -1.39. The number of rotatable bonds is 5. The van der Waals surface area contributed by atoms with Crippen molar-refractivity contribution < 1.29 is 8.78 Å². The lowest BCUT2D eigenvalue weighted by Crippen LogP contribution is -2.42. The van der Waals surface area contributed by atoms with Crippen LogP contribution < -0.4 is 10.6 Å². The van der Waals surface area contributed by atoms with Gasteiger partial charge < -0.3 is 10.6 Å². The normalized spacial score (nSPS) is 17.1. The van der Waals surface area contributed by atoms with Gasteiger partial charge in [-0.3, -0.25) is 0 Å². The topological polar surface area (TPSA) is 37.0 Å². The van der Waals surface area contributed by atoms with Crippen molar-refractivity contribution in [3.05, 3.63) is 17.7 Å². The standard InChI is InChI=1S/C13H19F2N3/c1-3-7-16-11-9(14)8-10(15)12(17-11)18-13(2)5-4-6-13/h8H,3-7H2,1-2H3,(H2,16,17,18). The number of nitrogens with one attached hydrogen (secondary N) is 2. The number of halogens is 2. The molecule has 18 heavy (non-hydrogen) atoms. The van der Waals surface area contributed by atoms with Crippen molar-refractivity contribution in [2.45, 2.75) is 45.1 Å². The lowest BCUT2D eigenvalue weighted by molar-refractivity contribution is 0.304. The van der Waals surface area contributed by atoms with E-state index in [4.69, 9.17) is 0 Å². The summed E-state index contributed by atoms with van der Waals surface area (Å²) in [5.74, 6) is -1.03. The summed E-state index contributed by atoms with van der Waals surface area (Å²) in [5.41, 5.74) is -0.103. The van der Waals surface area contributed by atoms with E-state index in [1.807, 2.05) is 13.8 Å². The van der Waals surface area contributed by atoms with Crippen molar-refractivity contribution in [3.8, 4) is 0 Å². The molecule has 5 heteroatoms. The van der Waals surface area contributed by atoms with Gasteiger partial charge >= 0.3 is 0 Å². The summed E-state index contributed by atoms with van der Waals surface area (Å²) >= 11 is 0. The summed E-state index contributed by atoms with van der Waals surface area (Å²) in [5, 5.41) is 5.93. The Labute approximate surface area is 106 Å². The molecule has 1 saturated carbocycles. The van der Waals surface area contributed by atoms with E-state index in [9.17, 15) is 8.78 Å². The molecule has 0 atom stereocenters. The first-order chi connectivity index (χ1) is 8.54. The number of pyridine rings is 1. The van der Waals surface area contributed by atoms with Gasteiger partial charge in [0, 0.05) is 18.2 Å². The molecular weight excluding hydrogens is 236 g/mol. The first-order valence-corrected chi connectivity index (χ1v) is 6.42. The molecule has 1 fully saturated rings. The van der Waals surface area contributed by atoms with Gasteiger partial charge in [0.15, 0.2) is 23.3 Å². The maximum absolute atomic E-state index is 13.7. The summed E-state index contributed by atoms with van der Waals surface area (Å²) < 4.78 is 27.1. The third kappa shape index (κ3) is 2.71. The van der Waals surface area contributed by atoms with E-state index in [0.717, 1.165) is 31.7 Å². The molecule has 0 unspecified atom stereocenters. The summed E-state index contributed by atoms with van der Waals surface area (Å²) in [6.45, 7) is 4.62. The Kier molecular flexibility index (Phi) is 3.68. The molecular formula is C13H19F2N3. The molecule has 0 aromatic carbocycles. The highest BCUT2D eigenvalue weighted by Crippen LogP contribution is 2.35. The van der Waals surface area contributed by atoms with Crippen LogP contribution in [-0.4, -0.2) is 17.1 Å². The molecule has 2 rings (SSSR count). The van der Waals surface area contributed by atoms with Crippen LogP contribution in [-0.2, 0) is 0 Å². The zero-order valence-electron chi connectivity index (χ0n) is 10.8. The van der Waals surface area contributed by atoms with Crippen molar-refractivity contribution in [3.63, 3.8) is 0 Å². The average Bonchev–Trinajstić information content (AvgIpc) is 2.29. The molecule has 0 spiro atoms. The van der Waals surface area contributed by atoms with Gasteiger partial charge in [0.1, 0.15) is 0 Å². The predicted octanol–water partition coefficient (Wildman–Crippen LogP) is 3.54. The van der Waals surface area contributed by atoms with Crippen LogP contribution in [0.1, 0.15) is 39.5 Å². The molecule has 100 valence electrons. The highest BCUT2D eigenvalue weighted by atomic mass is 19.1. The average molecular weight is 255 g/mol. The second-order valence-corrected chi connectivity index (χ2v) is 5.12. The number of hydrogen-bond donors (Lipinski definition) is 2. The van der Waals surface area contributed by atoms with Crippen molar-refractivity contribution in [1.29, 1.82) is 0 Å². The molecule has 0 amide bonds. The van der Waals surface area contributed by atoms with E-state index < -0.39 is 11.6 Å². The SMILES string of the molecule is CCCNc1nc(NC2(C)CCC2)c(F)cc1F. The van der Waals surface area contributed by atoms with Crippen LogP contribution in [0.2, 0.25) is 0 Å². The van der Waals surface area contributed by atoms with Crippen LogP contribution in [0.15, 0.2) is 6.07 Å². The molecule has 1 heterocycles. The maximum atomic E-state index is 13.7. The van der Waals surface area contributed by atoms with Gasteiger partial charge in [0.05, 0.1) is 0 Å². The Morgan fingerprint density at radius 2 is 1.94 bits per heavy atom. The fourth-order valence-corrected chi connectivity index (χ4v) is 2.04. The van der Waals surface area contributed by atoms with Crippen molar-refractivity contribution in [2.75, 3.05) is 17.2 Å². The molecule has 0 aliphatic heterocycles. The number of aromatic nitrogens is 1. The first kappa shape index (κ1) is 13.1. The summed E-state index contributed by atoms with van der Waals surface area (Å²) in [6, 6.07) is 0.884. The summed E-state index contributed by atoms with van der Waals surface area (Å²) in [6.07, 6.45) is 3.97. The zero-order chi connectivity index (χ0) is 13.2. The van der Waals surface area contributed by atoms with Crippen LogP contribution in [0.3, 0.4) is 0 Å². The Morgan fingerprint density at radius 1 is 1.28 bits per heavy atom. The lowest BCUT2D eigenvalue weighted by atomic mass is 9.78. The Morgan fingerprint density at radius 3 is 2.50 bits per heavy atom. The van der Waals surface area contributed by atoms with E-state index in [0.29, 0.717) is 6.54 Å². The van der Waals surface area contributed by atoms with Crippen LogP contribution in [0.5, 0.6) is 0 Å². The monoisotopic (exact) mass is 255 g/mol. The number of hydrogen-bond acceptors (Lipinski definition) is 3. The van der Waals surface area contributed by atoms with Gasteiger partial charge in [-0.2, -0.15) is 0 Å². The van der Waals surface area contributed by atoms with Gasteiger partial charge in [-0.1, -0.05) is 6.92 Å². The van der Waals surface area contributed by atoms with Crippen LogP contribution >= 0.6 is 0 Å². The molecule has 3 nitrogen and oxygen atoms in total. The summed E-state index contributed by atoms with van der Waals surface area (Å²) in [7, 11) is 0. The van der Waals surface area contributed by atoms with Crippen molar-refractivity contribution in [1.82, 2.24) is 4.98 Å². The second-order valence-electron chi connectivity index (χ2n) is 5.12. The number of nitrogens with zero attached hydrogens (tertiary/aromatic N) is 1. The van der Waals surface area contributed by atoms with Crippen LogP contribution in [0.4, 0.5) is 20.4 Å². The molecule has 0 radical (unpaired) electrons. The van der Waals surface area contributed by atoms with Crippen molar-refractivity contribution >= 4 is 11.6 Å². The molecule has 1 aromatic heterocycles. The van der Waals surface area contributed by atoms with E-state index in [-0.39, 0.29) is 17.2 Å². The zero-order valence-corrected chi connectivity index (χ0v) is 10.8. The highest BCUT2D eigenvalue weighted by Gasteiger charge is 2.32. The first-order valence-electron chi connectivity index (χ1n) is 6.42. The van der Waals surface area contributed by atoms with E-state index in [1.54, 1.807) is 0 Å². The minimum absolute atomic E-state index is 0.103. The molecule has 0 saturated heterocycles. The smallest absolute Gasteiger partial charge is 0.168 e. The van der Waals surface area contributed by atoms with Gasteiger partial charge in [-0.05, 0) is 32.6 Å². The highest BCUT2D eigenvalue weighted by molar-refractivity contribution is 5.49. The Bertz CT molecular complexity index is 430. The third-order valence-corrected chi connectivity index (χ3v) is 3.35. The van der Waals surface area contributed by atoms with Crippen molar-refractivity contribution in [2.24, 2.45) is 0 Å². The van der Waals surface area contributed by atoms with Gasteiger partial charge in [-0.25, -0.2) is 13.8 Å². The Balaban J connectivity index is 2.18. The van der Waals surface area contributed by atoms with Crippen LogP contribution in [0.25, 0.3) is 0 Å². The van der Waals surface area contributed by atoms with Crippen LogP contribution in [0, 0.1) is 11.6 Å². The van der Waals surface area contributed by atoms with Gasteiger partial charge in [-0.15, -0.1) is 0 Å². The molecule has 2 N–H and O–H groups in total. The maximum Gasteiger partial charge on any atom is 0.168 e.